The van der Waals surface area contributed by atoms with E-state index in [1.807, 2.05) is 19.2 Å². The molecule has 0 atom stereocenters. The van der Waals surface area contributed by atoms with Gasteiger partial charge in [0.25, 0.3) is 0 Å². The Bertz CT molecular complexity index is 1410. The summed E-state index contributed by atoms with van der Waals surface area (Å²) < 4.78 is 22.1. The minimum Gasteiger partial charge on any atom is -0.441 e. The average Bonchev–Trinajstić information content (AvgIpc) is 3.33. The SMILES string of the molecule is Cc1cccc(CSc2nc3ccncc3n2Cc2nc(-c3ccccc3F)oc2C)c1. The number of rotatable bonds is 6. The summed E-state index contributed by atoms with van der Waals surface area (Å²) in [5.74, 6) is 1.39. The van der Waals surface area contributed by atoms with Crippen LogP contribution in [0.3, 0.4) is 0 Å². The smallest absolute Gasteiger partial charge is 0.229 e. The zero-order valence-corrected chi connectivity index (χ0v) is 18.6. The first-order chi connectivity index (χ1) is 15.6. The summed E-state index contributed by atoms with van der Waals surface area (Å²) in [7, 11) is 0. The van der Waals surface area contributed by atoms with Gasteiger partial charge in [-0.05, 0) is 37.6 Å². The molecule has 0 amide bonds. The van der Waals surface area contributed by atoms with Gasteiger partial charge in [-0.25, -0.2) is 14.4 Å². The predicted molar refractivity (Wildman–Crippen MR) is 124 cm³/mol. The normalized spacial score (nSPS) is 11.3. The molecule has 5 nitrogen and oxygen atoms in total. The molecule has 0 aliphatic carbocycles. The zero-order chi connectivity index (χ0) is 22.1. The van der Waals surface area contributed by atoms with Crippen molar-refractivity contribution in [3.05, 3.63) is 95.4 Å². The van der Waals surface area contributed by atoms with Crippen molar-refractivity contribution in [2.75, 3.05) is 0 Å². The van der Waals surface area contributed by atoms with E-state index in [1.165, 1.54) is 17.2 Å². The Morgan fingerprint density at radius 2 is 1.91 bits per heavy atom. The molecule has 0 aliphatic rings. The van der Waals surface area contributed by atoms with Crippen LogP contribution in [0.1, 0.15) is 22.6 Å². The molecule has 0 unspecified atom stereocenters. The van der Waals surface area contributed by atoms with Gasteiger partial charge in [-0.1, -0.05) is 53.7 Å². The molecule has 5 rings (SSSR count). The lowest BCUT2D eigenvalue weighted by molar-refractivity contribution is 0.530. The number of oxazole rings is 1. The van der Waals surface area contributed by atoms with Crippen LogP contribution < -0.4 is 0 Å². The van der Waals surface area contributed by atoms with Crippen molar-refractivity contribution in [1.29, 1.82) is 0 Å². The fourth-order valence-corrected chi connectivity index (χ4v) is 4.59. The van der Waals surface area contributed by atoms with Gasteiger partial charge in [-0.2, -0.15) is 0 Å². The largest absolute Gasteiger partial charge is 0.441 e. The number of hydrogen-bond donors (Lipinski definition) is 0. The molecule has 32 heavy (non-hydrogen) atoms. The maximum Gasteiger partial charge on any atom is 0.229 e. The van der Waals surface area contributed by atoms with E-state index >= 15 is 0 Å². The van der Waals surface area contributed by atoms with E-state index in [1.54, 1.807) is 36.2 Å². The summed E-state index contributed by atoms with van der Waals surface area (Å²) >= 11 is 1.67. The van der Waals surface area contributed by atoms with Gasteiger partial charge >= 0.3 is 0 Å². The molecule has 0 fully saturated rings. The van der Waals surface area contributed by atoms with Crippen LogP contribution in [-0.2, 0) is 12.3 Å². The van der Waals surface area contributed by atoms with Crippen molar-refractivity contribution in [2.24, 2.45) is 0 Å². The molecule has 0 saturated heterocycles. The number of hydrogen-bond acceptors (Lipinski definition) is 5. The highest BCUT2D eigenvalue weighted by molar-refractivity contribution is 7.98. The van der Waals surface area contributed by atoms with Crippen LogP contribution in [0.2, 0.25) is 0 Å². The minimum absolute atomic E-state index is 0.284. The highest BCUT2D eigenvalue weighted by Crippen LogP contribution is 2.29. The van der Waals surface area contributed by atoms with Gasteiger partial charge in [-0.15, -0.1) is 0 Å². The number of imidazole rings is 1. The van der Waals surface area contributed by atoms with E-state index in [0.717, 1.165) is 27.6 Å². The number of aromatic nitrogens is 4. The number of pyridine rings is 1. The molecule has 7 heteroatoms. The lowest BCUT2D eigenvalue weighted by Crippen LogP contribution is -2.03. The van der Waals surface area contributed by atoms with Gasteiger partial charge in [0.05, 0.1) is 29.3 Å². The monoisotopic (exact) mass is 444 g/mol. The molecule has 0 saturated carbocycles. The highest BCUT2D eigenvalue weighted by Gasteiger charge is 2.18. The van der Waals surface area contributed by atoms with Crippen molar-refractivity contribution < 1.29 is 8.81 Å². The number of thioether (sulfide) groups is 1. The van der Waals surface area contributed by atoms with Gasteiger partial charge < -0.3 is 8.98 Å². The number of fused-ring (bicyclic) bond motifs is 1. The van der Waals surface area contributed by atoms with Gasteiger partial charge in [0.1, 0.15) is 17.3 Å². The molecule has 160 valence electrons. The Hall–Kier alpha value is -3.45. The molecule has 3 aromatic heterocycles. The maximum atomic E-state index is 14.2. The number of benzene rings is 2. The van der Waals surface area contributed by atoms with Crippen LogP contribution in [0.15, 0.2) is 76.6 Å². The van der Waals surface area contributed by atoms with Crippen LogP contribution >= 0.6 is 11.8 Å². The van der Waals surface area contributed by atoms with Gasteiger partial charge in [0.2, 0.25) is 5.89 Å². The molecule has 0 radical (unpaired) electrons. The van der Waals surface area contributed by atoms with E-state index in [0.29, 0.717) is 17.9 Å². The Balaban J connectivity index is 1.49. The molecular weight excluding hydrogens is 423 g/mol. The second kappa shape index (κ2) is 8.59. The first-order valence-electron chi connectivity index (χ1n) is 10.3. The van der Waals surface area contributed by atoms with Crippen LogP contribution in [0.5, 0.6) is 0 Å². The lowest BCUT2D eigenvalue weighted by atomic mass is 10.2. The van der Waals surface area contributed by atoms with E-state index < -0.39 is 0 Å². The van der Waals surface area contributed by atoms with Crippen LogP contribution in [0, 0.1) is 19.7 Å². The lowest BCUT2D eigenvalue weighted by Gasteiger charge is -2.08. The molecule has 5 aromatic rings. The van der Waals surface area contributed by atoms with Crippen LogP contribution in [0.25, 0.3) is 22.5 Å². The number of aryl methyl sites for hydroxylation is 2. The standard InChI is InChI=1S/C25H21FN4OS/c1-16-6-5-7-18(12-16)15-32-25-29-21-10-11-27-13-23(21)30(25)14-22-17(2)31-24(28-22)19-8-3-4-9-20(19)26/h3-13H,14-15H2,1-2H3. The van der Waals surface area contributed by atoms with E-state index in [4.69, 9.17) is 9.40 Å². The fourth-order valence-electron chi connectivity index (χ4n) is 3.63. The summed E-state index contributed by atoms with van der Waals surface area (Å²) in [4.78, 5) is 13.7. The zero-order valence-electron chi connectivity index (χ0n) is 17.7. The third-order valence-corrected chi connectivity index (χ3v) is 6.32. The molecule has 0 spiro atoms. The first-order valence-corrected chi connectivity index (χ1v) is 11.3. The van der Waals surface area contributed by atoms with Crippen molar-refractivity contribution >= 4 is 22.8 Å². The Morgan fingerprint density at radius 3 is 2.75 bits per heavy atom. The van der Waals surface area contributed by atoms with Crippen molar-refractivity contribution in [1.82, 2.24) is 19.5 Å². The fraction of sp³-hybridized carbons (Fsp3) is 0.160. The average molecular weight is 445 g/mol. The quantitative estimate of drug-likeness (QED) is 0.293. The number of halogens is 1. The van der Waals surface area contributed by atoms with Gasteiger partial charge in [0.15, 0.2) is 5.16 Å². The molecule has 0 aliphatic heterocycles. The molecule has 0 N–H and O–H groups in total. The van der Waals surface area contributed by atoms with E-state index in [9.17, 15) is 4.39 Å². The number of nitrogens with zero attached hydrogens (tertiary/aromatic N) is 4. The summed E-state index contributed by atoms with van der Waals surface area (Å²) in [6.07, 6.45) is 3.55. The predicted octanol–water partition coefficient (Wildman–Crippen LogP) is 6.18. The summed E-state index contributed by atoms with van der Waals surface area (Å²) in [5, 5.41) is 0.879. The first kappa shape index (κ1) is 20.5. The second-order valence-corrected chi connectivity index (χ2v) is 8.57. The Kier molecular flexibility index (Phi) is 5.49. The summed E-state index contributed by atoms with van der Waals surface area (Å²) in [5.41, 5.74) is 5.37. The molecular formula is C25H21FN4OS. The Morgan fingerprint density at radius 1 is 1.03 bits per heavy atom. The van der Waals surface area contributed by atoms with Gasteiger partial charge in [0, 0.05) is 11.9 Å². The van der Waals surface area contributed by atoms with Crippen LogP contribution in [0.4, 0.5) is 4.39 Å². The third-order valence-electron chi connectivity index (χ3n) is 5.27. The Labute approximate surface area is 189 Å². The molecule has 3 heterocycles. The van der Waals surface area contributed by atoms with E-state index in [2.05, 4.69) is 45.7 Å². The van der Waals surface area contributed by atoms with Crippen molar-refractivity contribution in [2.45, 2.75) is 31.3 Å². The molecule has 0 bridgehead atoms. The maximum absolute atomic E-state index is 14.2. The minimum atomic E-state index is -0.355. The molecule has 2 aromatic carbocycles. The van der Waals surface area contributed by atoms with Crippen molar-refractivity contribution in [3.63, 3.8) is 0 Å². The highest BCUT2D eigenvalue weighted by atomic mass is 32.2. The van der Waals surface area contributed by atoms with E-state index in [-0.39, 0.29) is 11.7 Å². The van der Waals surface area contributed by atoms with Crippen LogP contribution in [-0.4, -0.2) is 19.5 Å². The summed E-state index contributed by atoms with van der Waals surface area (Å²) in [6.45, 7) is 4.40. The van der Waals surface area contributed by atoms with Gasteiger partial charge in [-0.3, -0.25) is 4.98 Å². The topological polar surface area (TPSA) is 56.7 Å². The third kappa shape index (κ3) is 4.03. The van der Waals surface area contributed by atoms with Crippen molar-refractivity contribution in [3.8, 4) is 11.5 Å². The summed E-state index contributed by atoms with van der Waals surface area (Å²) in [6, 6.07) is 16.9. The second-order valence-electron chi connectivity index (χ2n) is 7.62.